The number of hydrogen-bond acceptors (Lipinski definition) is 4. The predicted molar refractivity (Wildman–Crippen MR) is 102 cm³/mol. The highest BCUT2D eigenvalue weighted by Gasteiger charge is 2.26. The lowest BCUT2D eigenvalue weighted by Gasteiger charge is -2.17. The fraction of sp³-hybridized carbons (Fsp3) is 0.190. The molecule has 1 amide bonds. The van der Waals surface area contributed by atoms with Crippen molar-refractivity contribution in [3.63, 3.8) is 0 Å². The van der Waals surface area contributed by atoms with Crippen molar-refractivity contribution >= 4 is 17.4 Å². The summed E-state index contributed by atoms with van der Waals surface area (Å²) in [6.45, 7) is 1.44. The van der Waals surface area contributed by atoms with Crippen molar-refractivity contribution in [1.29, 1.82) is 0 Å². The lowest BCUT2D eigenvalue weighted by molar-refractivity contribution is 0.0984. The molecule has 26 heavy (non-hydrogen) atoms. The van der Waals surface area contributed by atoms with E-state index in [4.69, 9.17) is 0 Å². The molecule has 1 aliphatic heterocycles. The maximum absolute atomic E-state index is 12.9. The Bertz CT molecular complexity index is 911. The van der Waals surface area contributed by atoms with Gasteiger partial charge in [-0.15, -0.1) is 0 Å². The standard InChI is InChI=1S/C21H20N4O/c26-21(25-13-11-17-8-4-5-9-19(17)25)18-14-20(24-15-23-18)22-12-10-16-6-2-1-3-7-16/h1-9,14-15H,10-13H2,(H,22,23,24). The SMILES string of the molecule is O=C(c1cc(NCCc2ccccc2)ncn1)N1CCc2ccccc21. The van der Waals surface area contributed by atoms with E-state index in [-0.39, 0.29) is 5.91 Å². The van der Waals surface area contributed by atoms with Gasteiger partial charge in [0.25, 0.3) is 5.91 Å². The largest absolute Gasteiger partial charge is 0.370 e. The van der Waals surface area contributed by atoms with E-state index in [1.54, 1.807) is 11.0 Å². The van der Waals surface area contributed by atoms with Gasteiger partial charge >= 0.3 is 0 Å². The first-order valence-corrected chi connectivity index (χ1v) is 8.81. The summed E-state index contributed by atoms with van der Waals surface area (Å²) in [5, 5.41) is 3.28. The minimum Gasteiger partial charge on any atom is -0.370 e. The highest BCUT2D eigenvalue weighted by molar-refractivity contribution is 6.06. The minimum absolute atomic E-state index is 0.0801. The van der Waals surface area contributed by atoms with Crippen molar-refractivity contribution in [3.8, 4) is 0 Å². The van der Waals surface area contributed by atoms with E-state index in [9.17, 15) is 4.79 Å². The Morgan fingerprint density at radius 2 is 1.85 bits per heavy atom. The number of carbonyl (C=O) groups excluding carboxylic acids is 1. The Balaban J connectivity index is 1.43. The Morgan fingerprint density at radius 3 is 2.73 bits per heavy atom. The number of hydrogen-bond donors (Lipinski definition) is 1. The van der Waals surface area contributed by atoms with Crippen molar-refractivity contribution in [1.82, 2.24) is 9.97 Å². The molecule has 0 atom stereocenters. The van der Waals surface area contributed by atoms with Gasteiger partial charge in [-0.3, -0.25) is 4.79 Å². The van der Waals surface area contributed by atoms with Crippen LogP contribution in [0.15, 0.2) is 67.0 Å². The lowest BCUT2D eigenvalue weighted by Crippen LogP contribution is -2.29. The molecule has 0 bridgehead atoms. The molecule has 0 saturated carbocycles. The van der Waals surface area contributed by atoms with Crippen LogP contribution in [0.5, 0.6) is 0 Å². The summed E-state index contributed by atoms with van der Waals surface area (Å²) < 4.78 is 0. The summed E-state index contributed by atoms with van der Waals surface area (Å²) in [7, 11) is 0. The van der Waals surface area contributed by atoms with Crippen LogP contribution in [-0.4, -0.2) is 29.0 Å². The number of fused-ring (bicyclic) bond motifs is 1. The van der Waals surface area contributed by atoms with E-state index in [2.05, 4.69) is 33.5 Å². The van der Waals surface area contributed by atoms with Crippen LogP contribution in [0, 0.1) is 0 Å². The Hall–Kier alpha value is -3.21. The van der Waals surface area contributed by atoms with Crippen LogP contribution in [-0.2, 0) is 12.8 Å². The molecule has 2 aromatic carbocycles. The van der Waals surface area contributed by atoms with Crippen LogP contribution in [0.2, 0.25) is 0 Å². The van der Waals surface area contributed by atoms with Crippen LogP contribution >= 0.6 is 0 Å². The highest BCUT2D eigenvalue weighted by Crippen LogP contribution is 2.28. The maximum atomic E-state index is 12.9. The Kier molecular flexibility index (Phi) is 4.60. The third kappa shape index (κ3) is 3.42. The van der Waals surface area contributed by atoms with Crippen LogP contribution in [0.25, 0.3) is 0 Å². The molecule has 0 unspecified atom stereocenters. The van der Waals surface area contributed by atoms with Gasteiger partial charge in [-0.25, -0.2) is 9.97 Å². The quantitative estimate of drug-likeness (QED) is 0.771. The number of para-hydroxylation sites is 1. The molecular formula is C21H20N4O. The van der Waals surface area contributed by atoms with Gasteiger partial charge in [-0.1, -0.05) is 48.5 Å². The van der Waals surface area contributed by atoms with E-state index in [0.29, 0.717) is 18.1 Å². The molecule has 5 heteroatoms. The average Bonchev–Trinajstić information content (AvgIpc) is 3.13. The zero-order valence-electron chi connectivity index (χ0n) is 14.4. The molecule has 5 nitrogen and oxygen atoms in total. The van der Waals surface area contributed by atoms with Crippen molar-refractivity contribution in [2.24, 2.45) is 0 Å². The summed E-state index contributed by atoms with van der Waals surface area (Å²) in [5.74, 6) is 0.593. The molecule has 1 aliphatic rings. The topological polar surface area (TPSA) is 58.1 Å². The number of aromatic nitrogens is 2. The first-order valence-electron chi connectivity index (χ1n) is 8.81. The fourth-order valence-corrected chi connectivity index (χ4v) is 3.24. The molecule has 0 spiro atoms. The second-order valence-corrected chi connectivity index (χ2v) is 6.29. The normalized spacial score (nSPS) is 12.7. The fourth-order valence-electron chi connectivity index (χ4n) is 3.24. The van der Waals surface area contributed by atoms with Crippen molar-refractivity contribution in [2.45, 2.75) is 12.8 Å². The molecule has 3 aromatic rings. The van der Waals surface area contributed by atoms with E-state index < -0.39 is 0 Å². The van der Waals surface area contributed by atoms with Crippen LogP contribution in [0.4, 0.5) is 11.5 Å². The zero-order valence-corrected chi connectivity index (χ0v) is 14.4. The van der Waals surface area contributed by atoms with Gasteiger partial charge in [-0.2, -0.15) is 0 Å². The van der Waals surface area contributed by atoms with Gasteiger partial charge < -0.3 is 10.2 Å². The Labute approximate surface area is 152 Å². The predicted octanol–water partition coefficient (Wildman–Crippen LogP) is 3.33. The first kappa shape index (κ1) is 16.3. The van der Waals surface area contributed by atoms with E-state index in [0.717, 1.165) is 25.1 Å². The molecule has 1 aromatic heterocycles. The van der Waals surface area contributed by atoms with Crippen LogP contribution in [0.1, 0.15) is 21.6 Å². The van der Waals surface area contributed by atoms with Crippen molar-refractivity contribution < 1.29 is 4.79 Å². The smallest absolute Gasteiger partial charge is 0.277 e. The van der Waals surface area contributed by atoms with Gasteiger partial charge in [0.1, 0.15) is 17.8 Å². The van der Waals surface area contributed by atoms with E-state index in [1.807, 2.05) is 36.4 Å². The number of nitrogens with zero attached hydrogens (tertiary/aromatic N) is 3. The van der Waals surface area contributed by atoms with Crippen molar-refractivity contribution in [3.05, 3.63) is 83.8 Å². The first-order chi connectivity index (χ1) is 12.8. The Morgan fingerprint density at radius 1 is 1.04 bits per heavy atom. The van der Waals surface area contributed by atoms with Crippen molar-refractivity contribution in [2.75, 3.05) is 23.3 Å². The monoisotopic (exact) mass is 344 g/mol. The maximum Gasteiger partial charge on any atom is 0.277 e. The summed E-state index contributed by atoms with van der Waals surface area (Å²) in [5.41, 5.74) is 3.86. The average molecular weight is 344 g/mol. The van der Waals surface area contributed by atoms with Crippen LogP contribution in [0.3, 0.4) is 0 Å². The molecule has 1 N–H and O–H groups in total. The van der Waals surface area contributed by atoms with Gasteiger partial charge in [0, 0.05) is 24.8 Å². The molecule has 2 heterocycles. The molecular weight excluding hydrogens is 324 g/mol. The summed E-state index contributed by atoms with van der Waals surface area (Å²) in [6.07, 6.45) is 3.23. The molecule has 0 radical (unpaired) electrons. The van der Waals surface area contributed by atoms with Gasteiger partial charge in [0.2, 0.25) is 0 Å². The van der Waals surface area contributed by atoms with E-state index in [1.165, 1.54) is 17.5 Å². The minimum atomic E-state index is -0.0801. The zero-order chi connectivity index (χ0) is 17.8. The number of carbonyl (C=O) groups is 1. The summed E-state index contributed by atoms with van der Waals surface area (Å²) in [6, 6.07) is 20.0. The third-order valence-electron chi connectivity index (χ3n) is 4.58. The molecule has 0 fully saturated rings. The second kappa shape index (κ2) is 7.35. The van der Waals surface area contributed by atoms with Gasteiger partial charge in [-0.05, 0) is 30.0 Å². The molecule has 130 valence electrons. The number of rotatable bonds is 5. The number of anilines is 2. The molecule has 0 saturated heterocycles. The third-order valence-corrected chi connectivity index (χ3v) is 4.58. The molecule has 4 rings (SSSR count). The highest BCUT2D eigenvalue weighted by atomic mass is 16.2. The molecule has 0 aliphatic carbocycles. The second-order valence-electron chi connectivity index (χ2n) is 6.29. The lowest BCUT2D eigenvalue weighted by atomic mass is 10.1. The number of benzene rings is 2. The number of nitrogens with one attached hydrogen (secondary N) is 1. The van der Waals surface area contributed by atoms with Gasteiger partial charge in [0.15, 0.2) is 0 Å². The summed E-state index contributed by atoms with van der Waals surface area (Å²) >= 11 is 0. The van der Waals surface area contributed by atoms with E-state index >= 15 is 0 Å². The van der Waals surface area contributed by atoms with Crippen LogP contribution < -0.4 is 10.2 Å². The van der Waals surface area contributed by atoms with Gasteiger partial charge in [0.05, 0.1) is 0 Å². The number of amides is 1. The summed E-state index contributed by atoms with van der Waals surface area (Å²) in [4.78, 5) is 23.1.